The highest BCUT2D eigenvalue weighted by Crippen LogP contribution is 2.50. The molecule has 5 N–H and O–H groups in total. The van der Waals surface area contributed by atoms with E-state index in [9.17, 15) is 24.6 Å². The van der Waals surface area contributed by atoms with Crippen LogP contribution >= 0.6 is 0 Å². The van der Waals surface area contributed by atoms with Gasteiger partial charge in [-0.2, -0.15) is 0 Å². The molecule has 8 nitrogen and oxygen atoms in total. The van der Waals surface area contributed by atoms with Crippen molar-refractivity contribution in [3.8, 4) is 11.5 Å². The highest BCUT2D eigenvalue weighted by atomic mass is 16.3. The standard InChI is InChI=1S/C26H27N3O5/c30-19-11-10-14(13-20(19)31)12-18-21-22(24(33)29(23(21)32)15-6-2-1-3-7-15)26(28-18)16-8-4-5-9-17(16)27-25(26)34/h4-5,8-11,13,15,18,21-22,28,30-31H,1-3,6-7,12H2,(H,27,34)/p+1/t18-,21-,22+,26+/m1/s1. The molecule has 0 aromatic heterocycles. The number of phenolic OH excluding ortho intramolecular Hbond substituents is 2. The van der Waals surface area contributed by atoms with E-state index in [0.29, 0.717) is 12.1 Å². The number of nitrogens with one attached hydrogen (secondary N) is 1. The zero-order chi connectivity index (χ0) is 23.6. The molecular formula is C26H28N3O5+. The summed E-state index contributed by atoms with van der Waals surface area (Å²) in [6.45, 7) is 0. The molecule has 3 aliphatic heterocycles. The third-order valence-electron chi connectivity index (χ3n) is 8.26. The number of carbonyl (C=O) groups is 3. The Morgan fingerprint density at radius 1 is 0.971 bits per heavy atom. The first-order valence-electron chi connectivity index (χ1n) is 12.1. The number of benzene rings is 2. The fraction of sp³-hybridized carbons (Fsp3) is 0.423. The number of quaternary nitrogens is 1. The van der Waals surface area contributed by atoms with Gasteiger partial charge in [-0.15, -0.1) is 0 Å². The molecule has 1 spiro atoms. The van der Waals surface area contributed by atoms with Crippen molar-refractivity contribution in [2.45, 2.75) is 56.1 Å². The van der Waals surface area contributed by atoms with Crippen molar-refractivity contribution in [3.05, 3.63) is 53.6 Å². The number of fused-ring (bicyclic) bond motifs is 4. The molecule has 1 aliphatic carbocycles. The Hall–Kier alpha value is -3.39. The van der Waals surface area contributed by atoms with Crippen molar-refractivity contribution < 1.29 is 29.9 Å². The summed E-state index contributed by atoms with van der Waals surface area (Å²) in [5.74, 6) is -2.53. The Morgan fingerprint density at radius 2 is 1.74 bits per heavy atom. The number of rotatable bonds is 3. The summed E-state index contributed by atoms with van der Waals surface area (Å²) in [5, 5.41) is 24.5. The minimum Gasteiger partial charge on any atom is -0.504 e. The van der Waals surface area contributed by atoms with Crippen LogP contribution in [0.4, 0.5) is 5.69 Å². The predicted octanol–water partition coefficient (Wildman–Crippen LogP) is 1.37. The van der Waals surface area contributed by atoms with Crippen LogP contribution in [0.15, 0.2) is 42.5 Å². The molecule has 2 aromatic carbocycles. The number of para-hydroxylation sites is 1. The van der Waals surface area contributed by atoms with Crippen LogP contribution in [0, 0.1) is 11.8 Å². The Morgan fingerprint density at radius 3 is 2.50 bits per heavy atom. The van der Waals surface area contributed by atoms with E-state index in [1.165, 1.54) is 17.0 Å². The Balaban J connectivity index is 1.45. The number of hydrogen-bond donors (Lipinski definition) is 4. The number of imide groups is 1. The maximum absolute atomic E-state index is 13.9. The van der Waals surface area contributed by atoms with E-state index in [2.05, 4.69) is 5.32 Å². The van der Waals surface area contributed by atoms with Crippen molar-refractivity contribution in [1.82, 2.24) is 4.90 Å². The second-order valence-corrected chi connectivity index (χ2v) is 10.1. The first-order chi connectivity index (χ1) is 16.4. The smallest absolute Gasteiger partial charge is 0.291 e. The van der Waals surface area contributed by atoms with Crippen molar-refractivity contribution in [1.29, 1.82) is 0 Å². The summed E-state index contributed by atoms with van der Waals surface area (Å²) >= 11 is 0. The van der Waals surface area contributed by atoms with Crippen molar-refractivity contribution in [2.24, 2.45) is 11.8 Å². The van der Waals surface area contributed by atoms with Gasteiger partial charge in [0.1, 0.15) is 17.9 Å². The minimum absolute atomic E-state index is 0.102. The van der Waals surface area contributed by atoms with Crippen molar-refractivity contribution >= 4 is 23.4 Å². The quantitative estimate of drug-likeness (QED) is 0.405. The van der Waals surface area contributed by atoms with Gasteiger partial charge in [-0.1, -0.05) is 43.5 Å². The topological polar surface area (TPSA) is 124 Å². The third-order valence-corrected chi connectivity index (χ3v) is 8.26. The lowest BCUT2D eigenvalue weighted by Gasteiger charge is -2.32. The number of hydrogen-bond acceptors (Lipinski definition) is 5. The number of aromatic hydroxyl groups is 2. The summed E-state index contributed by atoms with van der Waals surface area (Å²) in [6, 6.07) is 11.5. The van der Waals surface area contributed by atoms with Crippen molar-refractivity contribution in [3.63, 3.8) is 0 Å². The average Bonchev–Trinajstić information content (AvgIpc) is 3.41. The molecule has 3 amide bonds. The lowest BCUT2D eigenvalue weighted by molar-refractivity contribution is -0.733. The molecule has 4 aliphatic rings. The number of phenols is 2. The number of likely N-dealkylation sites (tertiary alicyclic amines) is 1. The fourth-order valence-corrected chi connectivity index (χ4v) is 6.80. The largest absolute Gasteiger partial charge is 0.504 e. The van der Waals surface area contributed by atoms with Gasteiger partial charge in [0.25, 0.3) is 5.91 Å². The third kappa shape index (κ3) is 2.84. The monoisotopic (exact) mass is 462 g/mol. The van der Waals surface area contributed by atoms with E-state index in [-0.39, 0.29) is 41.3 Å². The van der Waals surface area contributed by atoms with Gasteiger partial charge in [-0.3, -0.25) is 19.3 Å². The fourth-order valence-electron chi connectivity index (χ4n) is 6.80. The zero-order valence-corrected chi connectivity index (χ0v) is 18.7. The van der Waals surface area contributed by atoms with Gasteiger partial charge < -0.3 is 20.8 Å². The van der Waals surface area contributed by atoms with Gasteiger partial charge in [-0.25, -0.2) is 0 Å². The Bertz CT molecular complexity index is 1210. The SMILES string of the molecule is O=C1[C@H]2[C@@H](C(=O)N1C1CCCCC1)[C@]1([NH2+][C@@H]2Cc2ccc(O)c(O)c2)C(=O)Nc2ccccc21. The number of amides is 3. The van der Waals surface area contributed by atoms with Crippen LogP contribution in [-0.2, 0) is 26.3 Å². The normalized spacial score (nSPS) is 30.6. The summed E-state index contributed by atoms with van der Waals surface area (Å²) in [5.41, 5.74) is 0.969. The molecule has 0 radical (unpaired) electrons. The van der Waals surface area contributed by atoms with Gasteiger partial charge in [0.2, 0.25) is 17.4 Å². The van der Waals surface area contributed by atoms with E-state index < -0.39 is 17.4 Å². The van der Waals surface area contributed by atoms with E-state index >= 15 is 0 Å². The Labute approximate surface area is 197 Å². The lowest BCUT2D eigenvalue weighted by atomic mass is 9.76. The van der Waals surface area contributed by atoms with E-state index in [1.807, 2.05) is 29.6 Å². The summed E-state index contributed by atoms with van der Waals surface area (Å²) in [4.78, 5) is 42.8. The Kier molecular flexibility index (Phi) is 4.71. The van der Waals surface area contributed by atoms with E-state index in [1.54, 1.807) is 6.07 Å². The molecule has 4 atom stereocenters. The second kappa shape index (κ2) is 7.56. The molecule has 34 heavy (non-hydrogen) atoms. The van der Waals surface area contributed by atoms with Crippen LogP contribution in [0.5, 0.6) is 11.5 Å². The highest BCUT2D eigenvalue weighted by molar-refractivity contribution is 6.14. The minimum atomic E-state index is -1.19. The van der Waals surface area contributed by atoms with Gasteiger partial charge in [0, 0.05) is 18.0 Å². The van der Waals surface area contributed by atoms with Crippen LogP contribution in [0.25, 0.3) is 0 Å². The predicted molar refractivity (Wildman–Crippen MR) is 122 cm³/mol. The molecule has 2 aromatic rings. The second-order valence-electron chi connectivity index (χ2n) is 10.1. The number of anilines is 1. The molecule has 8 heteroatoms. The average molecular weight is 463 g/mol. The maximum atomic E-state index is 13.9. The molecule has 0 unspecified atom stereocenters. The molecule has 1 saturated carbocycles. The number of carbonyl (C=O) groups excluding carboxylic acids is 3. The molecule has 3 fully saturated rings. The van der Waals surface area contributed by atoms with Crippen LogP contribution in [0.1, 0.15) is 43.2 Å². The summed E-state index contributed by atoms with van der Waals surface area (Å²) in [7, 11) is 0. The van der Waals surface area contributed by atoms with E-state index in [4.69, 9.17) is 0 Å². The van der Waals surface area contributed by atoms with Crippen molar-refractivity contribution in [2.75, 3.05) is 5.32 Å². The van der Waals surface area contributed by atoms with Gasteiger partial charge in [0.15, 0.2) is 11.5 Å². The molecule has 2 saturated heterocycles. The first-order valence-corrected chi connectivity index (χ1v) is 12.1. The highest BCUT2D eigenvalue weighted by Gasteiger charge is 2.74. The summed E-state index contributed by atoms with van der Waals surface area (Å²) < 4.78 is 0. The maximum Gasteiger partial charge on any atom is 0.291 e. The summed E-state index contributed by atoms with van der Waals surface area (Å²) in [6.07, 6.45) is 5.10. The van der Waals surface area contributed by atoms with Gasteiger partial charge in [-0.05, 0) is 36.6 Å². The lowest BCUT2D eigenvalue weighted by Crippen LogP contribution is -2.99. The molecule has 6 rings (SSSR count). The molecular weight excluding hydrogens is 434 g/mol. The zero-order valence-electron chi connectivity index (χ0n) is 18.7. The van der Waals surface area contributed by atoms with E-state index in [0.717, 1.165) is 43.2 Å². The first kappa shape index (κ1) is 21.2. The molecule has 0 bridgehead atoms. The molecule has 3 heterocycles. The van der Waals surface area contributed by atoms with Crippen LogP contribution in [0.3, 0.4) is 0 Å². The van der Waals surface area contributed by atoms with Crippen LogP contribution in [0.2, 0.25) is 0 Å². The molecule has 176 valence electrons. The number of nitrogens with two attached hydrogens (primary N) is 1. The van der Waals surface area contributed by atoms with Gasteiger partial charge >= 0.3 is 0 Å². The van der Waals surface area contributed by atoms with Crippen LogP contribution < -0.4 is 10.6 Å². The van der Waals surface area contributed by atoms with Crippen LogP contribution in [-0.4, -0.2) is 44.9 Å². The number of nitrogens with zero attached hydrogens (tertiary/aromatic N) is 1. The van der Waals surface area contributed by atoms with Gasteiger partial charge in [0.05, 0.1) is 5.69 Å².